The number of aliphatic hydroxyl groups is 1. The van der Waals surface area contributed by atoms with Crippen LogP contribution in [0.3, 0.4) is 0 Å². The van der Waals surface area contributed by atoms with Crippen molar-refractivity contribution in [1.29, 1.82) is 0 Å². The van der Waals surface area contributed by atoms with Gasteiger partial charge >= 0.3 is 6.09 Å². The maximum absolute atomic E-state index is 13.6. The Morgan fingerprint density at radius 2 is 1.95 bits per heavy atom. The van der Waals surface area contributed by atoms with Crippen molar-refractivity contribution in [2.75, 3.05) is 13.6 Å². The number of nitrogens with one attached hydrogen (secondary N) is 1. The van der Waals surface area contributed by atoms with Gasteiger partial charge in [-0.05, 0) is 83.8 Å². The molecule has 0 aromatic carbocycles. The van der Waals surface area contributed by atoms with E-state index < -0.39 is 34.3 Å². The third-order valence-electron chi connectivity index (χ3n) is 8.06. The maximum Gasteiger partial charge on any atom is 0.410 e. The second-order valence-corrected chi connectivity index (χ2v) is 12.1. The first-order chi connectivity index (χ1) is 17.7. The molecule has 1 unspecified atom stereocenters. The van der Waals surface area contributed by atoms with Crippen LogP contribution in [0.5, 0.6) is 0 Å². The van der Waals surface area contributed by atoms with E-state index in [1.807, 2.05) is 20.8 Å². The van der Waals surface area contributed by atoms with Gasteiger partial charge < -0.3 is 20.1 Å². The van der Waals surface area contributed by atoms with Gasteiger partial charge in [-0.15, -0.1) is 0 Å². The number of ether oxygens (including phenoxy) is 1. The zero-order valence-corrected chi connectivity index (χ0v) is 23.0. The number of fused-ring (bicyclic) bond motifs is 3. The molecule has 38 heavy (non-hydrogen) atoms. The number of aryl methyl sites for hydroxylation is 1. The summed E-state index contributed by atoms with van der Waals surface area (Å²) in [6, 6.07) is 1.20. The van der Waals surface area contributed by atoms with E-state index in [4.69, 9.17) is 4.74 Å². The number of amides is 2. The molecule has 5 rings (SSSR count). The van der Waals surface area contributed by atoms with E-state index in [9.17, 15) is 23.9 Å². The molecule has 2 bridgehead atoms. The van der Waals surface area contributed by atoms with E-state index in [-0.39, 0.29) is 24.0 Å². The molecule has 2 N–H and O–H groups in total. The summed E-state index contributed by atoms with van der Waals surface area (Å²) in [5, 5.41) is 14.2. The summed E-state index contributed by atoms with van der Waals surface area (Å²) in [5.41, 5.74) is -2.16. The molecule has 0 spiro atoms. The molecule has 2 aliphatic carbocycles. The van der Waals surface area contributed by atoms with Crippen LogP contribution in [0.4, 0.5) is 9.18 Å². The Morgan fingerprint density at radius 1 is 1.26 bits per heavy atom. The molecule has 2 aliphatic heterocycles. The summed E-state index contributed by atoms with van der Waals surface area (Å²) in [7, 11) is 1.73. The Hall–Kier alpha value is -3.01. The smallest absolute Gasteiger partial charge is 0.410 e. The average molecular weight is 531 g/mol. The molecule has 0 radical (unpaired) electrons. The van der Waals surface area contributed by atoms with Crippen LogP contribution in [0, 0.1) is 5.92 Å². The third kappa shape index (κ3) is 6.00. The summed E-state index contributed by atoms with van der Waals surface area (Å²) in [6.45, 7) is 7.53. The first-order valence-electron chi connectivity index (χ1n) is 13.3. The van der Waals surface area contributed by atoms with Gasteiger partial charge in [0, 0.05) is 31.6 Å². The molecule has 208 valence electrons. The minimum Gasteiger partial charge on any atom is -0.444 e. The lowest BCUT2D eigenvalue weighted by molar-refractivity contribution is -0.0633. The lowest BCUT2D eigenvalue weighted by Gasteiger charge is -2.48. The minimum atomic E-state index is -1.11. The van der Waals surface area contributed by atoms with Crippen molar-refractivity contribution in [3.8, 4) is 0 Å². The quantitative estimate of drug-likeness (QED) is 0.614. The zero-order chi connectivity index (χ0) is 27.9. The van der Waals surface area contributed by atoms with E-state index in [1.54, 1.807) is 24.9 Å². The number of nitrogens with zero attached hydrogens (tertiary/aromatic N) is 3. The summed E-state index contributed by atoms with van der Waals surface area (Å²) >= 11 is 0. The molecule has 1 saturated carbocycles. The van der Waals surface area contributed by atoms with E-state index in [2.05, 4.69) is 10.3 Å². The Bertz CT molecular complexity index is 1220. The Balaban J connectivity index is 1.56. The summed E-state index contributed by atoms with van der Waals surface area (Å²) in [6.07, 6.45) is 6.21. The highest BCUT2D eigenvalue weighted by molar-refractivity contribution is 5.92. The van der Waals surface area contributed by atoms with E-state index >= 15 is 0 Å². The number of hydrogen-bond donors (Lipinski definition) is 2. The van der Waals surface area contributed by atoms with Gasteiger partial charge in [0.15, 0.2) is 0 Å². The predicted octanol–water partition coefficient (Wildman–Crippen LogP) is 3.65. The number of allylic oxidation sites excluding steroid dienone is 3. The number of rotatable bonds is 4. The van der Waals surface area contributed by atoms with Crippen LogP contribution < -0.4 is 10.9 Å². The molecule has 9 nitrogen and oxygen atoms in total. The fraction of sp³-hybridized carbons (Fsp3) is 0.643. The fourth-order valence-electron chi connectivity index (χ4n) is 5.66. The van der Waals surface area contributed by atoms with Gasteiger partial charge in [-0.2, -0.15) is 0 Å². The summed E-state index contributed by atoms with van der Waals surface area (Å²) < 4.78 is 20.7. The first-order valence-corrected chi connectivity index (χ1v) is 13.3. The van der Waals surface area contributed by atoms with E-state index in [0.29, 0.717) is 62.9 Å². The fourth-order valence-corrected chi connectivity index (χ4v) is 5.66. The molecule has 1 atom stereocenters. The Kier molecular flexibility index (Phi) is 7.58. The third-order valence-corrected chi connectivity index (χ3v) is 8.06. The van der Waals surface area contributed by atoms with Crippen molar-refractivity contribution >= 4 is 12.0 Å². The molecular formula is C28H39FN4O5. The van der Waals surface area contributed by atoms with Crippen molar-refractivity contribution < 1.29 is 23.8 Å². The SMILES string of the molecule is CC1=CC(CNC(=O)c2cc(=O)n3c(n2)CCC2(N(C)C(=O)OC(C)(C)C)CCC(O)(CC2)C3)CC=C1F. The zero-order valence-electron chi connectivity index (χ0n) is 23.0. The molecule has 1 aromatic rings. The lowest BCUT2D eigenvalue weighted by atomic mass is 9.71. The molecule has 10 heteroatoms. The van der Waals surface area contributed by atoms with Gasteiger partial charge in [0.1, 0.15) is 22.9 Å². The predicted molar refractivity (Wildman–Crippen MR) is 140 cm³/mol. The van der Waals surface area contributed by atoms with Crippen LogP contribution in [0.15, 0.2) is 34.4 Å². The Morgan fingerprint density at radius 3 is 2.58 bits per heavy atom. The summed E-state index contributed by atoms with van der Waals surface area (Å²) in [5.74, 6) is -0.356. The van der Waals surface area contributed by atoms with Crippen molar-refractivity contribution in [1.82, 2.24) is 19.8 Å². The molecule has 0 saturated heterocycles. The Labute approximate surface area is 222 Å². The number of halogens is 1. The lowest BCUT2D eigenvalue weighted by Crippen LogP contribution is -2.55. The van der Waals surface area contributed by atoms with Crippen molar-refractivity contribution in [2.24, 2.45) is 5.92 Å². The van der Waals surface area contributed by atoms with E-state index in [1.165, 1.54) is 16.7 Å². The van der Waals surface area contributed by atoms with Gasteiger partial charge in [-0.3, -0.25) is 14.2 Å². The van der Waals surface area contributed by atoms with Gasteiger partial charge in [0.25, 0.3) is 11.5 Å². The van der Waals surface area contributed by atoms with Gasteiger partial charge in [0.05, 0.1) is 12.1 Å². The number of carbonyl (C=O) groups is 2. The first kappa shape index (κ1) is 28.0. The largest absolute Gasteiger partial charge is 0.444 e. The molecule has 2 amide bonds. The molecule has 1 fully saturated rings. The van der Waals surface area contributed by atoms with Gasteiger partial charge in [0.2, 0.25) is 0 Å². The number of hydrogen-bond acceptors (Lipinski definition) is 6. The van der Waals surface area contributed by atoms with Crippen LogP contribution in [-0.2, 0) is 17.7 Å². The molecular weight excluding hydrogens is 491 g/mol. The van der Waals surface area contributed by atoms with Crippen molar-refractivity contribution in [2.45, 2.75) is 95.9 Å². The number of aromatic nitrogens is 2. The standard InChI is InChI=1S/C28H39FN4O5/c1-18-14-19(6-7-20(18)29)16-30-24(35)21-15-23(34)33-17-28(37)12-10-27(11-13-28,9-8-22(33)31-21)32(5)25(36)38-26(2,3)4/h7,14-15,19,37H,6,8-13,16-17H2,1-5H3,(H,30,35). The van der Waals surface area contributed by atoms with Crippen LogP contribution in [0.25, 0.3) is 0 Å². The maximum atomic E-state index is 13.6. The van der Waals surface area contributed by atoms with Gasteiger partial charge in [-0.25, -0.2) is 14.2 Å². The normalized spacial score (nSPS) is 27.2. The van der Waals surface area contributed by atoms with Crippen LogP contribution in [-0.4, -0.2) is 61.9 Å². The van der Waals surface area contributed by atoms with E-state index in [0.717, 1.165) is 0 Å². The van der Waals surface area contributed by atoms with Gasteiger partial charge in [-0.1, -0.05) is 6.08 Å². The topological polar surface area (TPSA) is 114 Å². The van der Waals surface area contributed by atoms with Crippen LogP contribution in [0.1, 0.15) is 82.5 Å². The highest BCUT2D eigenvalue weighted by Crippen LogP contribution is 2.43. The average Bonchev–Trinajstić information content (AvgIpc) is 2.94. The minimum absolute atomic E-state index is 0.00705. The van der Waals surface area contributed by atoms with Crippen molar-refractivity contribution in [3.05, 3.63) is 51.5 Å². The van der Waals surface area contributed by atoms with Crippen molar-refractivity contribution in [3.63, 3.8) is 0 Å². The van der Waals surface area contributed by atoms with Crippen LogP contribution in [0.2, 0.25) is 0 Å². The number of carbonyl (C=O) groups excluding carboxylic acids is 2. The van der Waals surface area contributed by atoms with Crippen LogP contribution >= 0.6 is 0 Å². The second kappa shape index (κ2) is 10.3. The highest BCUT2D eigenvalue weighted by atomic mass is 19.1. The highest BCUT2D eigenvalue weighted by Gasteiger charge is 2.48. The molecule has 1 aromatic heterocycles. The summed E-state index contributed by atoms with van der Waals surface area (Å²) in [4.78, 5) is 45.2. The monoisotopic (exact) mass is 530 g/mol. The second-order valence-electron chi connectivity index (χ2n) is 12.1. The molecule has 4 aliphatic rings. The molecule has 3 heterocycles.